The summed E-state index contributed by atoms with van der Waals surface area (Å²) in [6.45, 7) is 8.78. The fourth-order valence-electron chi connectivity index (χ4n) is 6.39. The second-order valence-corrected chi connectivity index (χ2v) is 13.1. The Balaban J connectivity index is 1.01. The third-order valence-corrected chi connectivity index (χ3v) is 9.30. The highest BCUT2D eigenvalue weighted by atomic mass is 16.5. The zero-order valence-electron chi connectivity index (χ0n) is 25.9. The van der Waals surface area contributed by atoms with Crippen LogP contribution in [0, 0.1) is 5.92 Å². The van der Waals surface area contributed by atoms with Gasteiger partial charge >= 0.3 is 0 Å². The zero-order valence-corrected chi connectivity index (χ0v) is 25.9. The quantitative estimate of drug-likeness (QED) is 0.141. The highest BCUT2D eigenvalue weighted by Crippen LogP contribution is 2.37. The molecule has 6 heteroatoms. The van der Waals surface area contributed by atoms with Crippen molar-refractivity contribution in [1.82, 2.24) is 10.6 Å². The van der Waals surface area contributed by atoms with Crippen molar-refractivity contribution < 1.29 is 19.7 Å². The average Bonchev–Trinajstić information content (AvgIpc) is 3.02. The summed E-state index contributed by atoms with van der Waals surface area (Å²) in [4.78, 5) is 0. The number of fused-ring (bicyclic) bond motifs is 2. The minimum Gasteiger partial charge on any atom is -0.490 e. The first kappa shape index (κ1) is 31.4. The second-order valence-electron chi connectivity index (χ2n) is 13.1. The summed E-state index contributed by atoms with van der Waals surface area (Å²) < 4.78 is 11.9. The molecule has 43 heavy (non-hydrogen) atoms. The Morgan fingerprint density at radius 1 is 0.791 bits per heavy atom. The Labute approximate surface area is 256 Å². The van der Waals surface area contributed by atoms with Crippen LogP contribution in [0.15, 0.2) is 84.9 Å². The topological polar surface area (TPSA) is 83.0 Å². The van der Waals surface area contributed by atoms with Gasteiger partial charge in [0, 0.05) is 29.6 Å². The molecular weight excluding hydrogens is 536 g/mol. The molecule has 1 fully saturated rings. The molecule has 4 N–H and O–H groups in total. The Bertz CT molecular complexity index is 1450. The number of nitrogens with one attached hydrogen (secondary N) is 2. The van der Waals surface area contributed by atoms with E-state index >= 15 is 0 Å². The van der Waals surface area contributed by atoms with Crippen LogP contribution in [0.3, 0.4) is 0 Å². The van der Waals surface area contributed by atoms with Crippen molar-refractivity contribution in [2.45, 2.75) is 76.3 Å². The van der Waals surface area contributed by atoms with Crippen LogP contribution in [0.4, 0.5) is 0 Å². The lowest BCUT2D eigenvalue weighted by Crippen LogP contribution is -2.54. The van der Waals surface area contributed by atoms with Crippen molar-refractivity contribution in [2.75, 3.05) is 26.3 Å². The van der Waals surface area contributed by atoms with Crippen LogP contribution < -0.4 is 15.4 Å². The number of benzene rings is 4. The van der Waals surface area contributed by atoms with Gasteiger partial charge in [0.15, 0.2) is 0 Å². The summed E-state index contributed by atoms with van der Waals surface area (Å²) in [5.74, 6) is 1.31. The highest BCUT2D eigenvalue weighted by molar-refractivity contribution is 5.88. The number of hydrogen-bond acceptors (Lipinski definition) is 6. The average molecular weight is 585 g/mol. The first-order valence-electron chi connectivity index (χ1n) is 15.7. The van der Waals surface area contributed by atoms with E-state index in [0.29, 0.717) is 32.2 Å². The Kier molecular flexibility index (Phi) is 10.4. The van der Waals surface area contributed by atoms with E-state index in [1.807, 2.05) is 42.5 Å². The minimum atomic E-state index is -0.599. The molecule has 6 nitrogen and oxygen atoms in total. The zero-order chi connectivity index (χ0) is 30.3. The van der Waals surface area contributed by atoms with Crippen LogP contribution in [-0.2, 0) is 11.3 Å². The summed E-state index contributed by atoms with van der Waals surface area (Å²) in [6.07, 6.45) is 3.09. The molecule has 0 bridgehead atoms. The first-order valence-corrected chi connectivity index (χ1v) is 15.7. The van der Waals surface area contributed by atoms with Gasteiger partial charge in [0.2, 0.25) is 0 Å². The molecule has 0 amide bonds. The number of β-amino-alcohol motifs (C(OH)–C–C–N with tert-alkyl or cyclic N) is 2. The summed E-state index contributed by atoms with van der Waals surface area (Å²) in [5, 5.41) is 33.2. The lowest BCUT2D eigenvalue weighted by atomic mass is 9.70. The number of rotatable bonds is 14. The van der Waals surface area contributed by atoms with Crippen LogP contribution in [0.1, 0.15) is 52.0 Å². The smallest absolute Gasteiger partial charge is 0.127 e. The first-order chi connectivity index (χ1) is 20.7. The fraction of sp³-hybridized carbons (Fsp3) is 0.459. The van der Waals surface area contributed by atoms with E-state index in [-0.39, 0.29) is 17.7 Å². The van der Waals surface area contributed by atoms with Crippen molar-refractivity contribution in [3.05, 3.63) is 90.5 Å². The molecule has 0 radical (unpaired) electrons. The summed E-state index contributed by atoms with van der Waals surface area (Å²) >= 11 is 0. The van der Waals surface area contributed by atoms with Gasteiger partial charge in [-0.2, -0.15) is 0 Å². The largest absolute Gasteiger partial charge is 0.490 e. The van der Waals surface area contributed by atoms with Crippen molar-refractivity contribution in [3.63, 3.8) is 0 Å². The number of aliphatic hydroxyl groups is 2. The van der Waals surface area contributed by atoms with E-state index in [1.54, 1.807) is 0 Å². The molecule has 2 unspecified atom stereocenters. The van der Waals surface area contributed by atoms with E-state index in [2.05, 4.69) is 73.9 Å². The molecule has 0 saturated heterocycles. The maximum atomic E-state index is 10.7. The van der Waals surface area contributed by atoms with Gasteiger partial charge in [0.1, 0.15) is 18.5 Å². The molecular formula is C37H48N2O4. The molecule has 0 aromatic heterocycles. The Morgan fingerprint density at radius 3 is 2.14 bits per heavy atom. The van der Waals surface area contributed by atoms with Gasteiger partial charge in [-0.3, -0.25) is 0 Å². The molecule has 5 rings (SSSR count). The molecule has 4 aromatic rings. The van der Waals surface area contributed by atoms with E-state index in [1.165, 1.54) is 10.8 Å². The van der Waals surface area contributed by atoms with Crippen LogP contribution in [0.2, 0.25) is 0 Å². The SMILES string of the molecule is CC1(NCC(O)COCc2cccc3ccccc23)CCC(C(C)(C)NCC(O)COc2cccc3ccccc23)CC1. The van der Waals surface area contributed by atoms with E-state index in [9.17, 15) is 10.2 Å². The maximum Gasteiger partial charge on any atom is 0.127 e. The number of ether oxygens (including phenoxy) is 2. The summed E-state index contributed by atoms with van der Waals surface area (Å²) in [6, 6.07) is 28.7. The molecule has 230 valence electrons. The van der Waals surface area contributed by atoms with Crippen LogP contribution >= 0.6 is 0 Å². The van der Waals surface area contributed by atoms with Crippen molar-refractivity contribution in [2.24, 2.45) is 5.92 Å². The van der Waals surface area contributed by atoms with Gasteiger partial charge in [0.25, 0.3) is 0 Å². The van der Waals surface area contributed by atoms with Gasteiger partial charge in [-0.05, 0) is 80.2 Å². The third kappa shape index (κ3) is 8.34. The number of hydrogen-bond donors (Lipinski definition) is 4. The monoisotopic (exact) mass is 584 g/mol. The Hall–Kier alpha value is -3.00. The molecule has 1 aliphatic rings. The molecule has 4 aromatic carbocycles. The third-order valence-electron chi connectivity index (χ3n) is 9.30. The van der Waals surface area contributed by atoms with Crippen molar-refractivity contribution in [1.29, 1.82) is 0 Å². The normalized spacial score (nSPS) is 20.7. The molecule has 0 spiro atoms. The molecule has 1 aliphatic carbocycles. The van der Waals surface area contributed by atoms with Gasteiger partial charge in [-0.15, -0.1) is 0 Å². The van der Waals surface area contributed by atoms with Crippen molar-refractivity contribution in [3.8, 4) is 5.75 Å². The van der Waals surface area contributed by atoms with E-state index in [4.69, 9.17) is 9.47 Å². The van der Waals surface area contributed by atoms with Crippen molar-refractivity contribution >= 4 is 21.5 Å². The van der Waals surface area contributed by atoms with Gasteiger partial charge in [0.05, 0.1) is 19.3 Å². The predicted octanol–water partition coefficient (Wildman–Crippen LogP) is 6.22. The lowest BCUT2D eigenvalue weighted by molar-refractivity contribution is 0.0221. The Morgan fingerprint density at radius 2 is 1.40 bits per heavy atom. The van der Waals surface area contributed by atoms with E-state index in [0.717, 1.165) is 47.8 Å². The molecule has 0 aliphatic heterocycles. The summed E-state index contributed by atoms with van der Waals surface area (Å²) in [5.41, 5.74) is 1.04. The van der Waals surface area contributed by atoms with Crippen LogP contribution in [0.25, 0.3) is 21.5 Å². The number of aliphatic hydroxyl groups excluding tert-OH is 2. The maximum absolute atomic E-state index is 10.7. The van der Waals surface area contributed by atoms with Gasteiger partial charge < -0.3 is 30.3 Å². The lowest BCUT2D eigenvalue weighted by Gasteiger charge is -2.45. The molecule has 0 heterocycles. The van der Waals surface area contributed by atoms with Gasteiger partial charge in [-0.1, -0.05) is 78.9 Å². The predicted molar refractivity (Wildman–Crippen MR) is 176 cm³/mol. The van der Waals surface area contributed by atoms with Gasteiger partial charge in [-0.25, -0.2) is 0 Å². The standard InChI is InChI=1S/C37H48N2O4/c1-36(2,38-22-32(41)26-43-35-17-9-13-28-11-5-7-16-34(28)35)30-18-20-37(3,21-19-30)39-23-31(40)25-42-24-29-14-8-12-27-10-4-6-15-33(27)29/h4-17,30-32,38-41H,18-26H2,1-3H3. The van der Waals surface area contributed by atoms with Crippen LogP contribution in [0.5, 0.6) is 5.75 Å². The minimum absolute atomic E-state index is 0.00496. The highest BCUT2D eigenvalue weighted by Gasteiger charge is 2.37. The van der Waals surface area contributed by atoms with Crippen LogP contribution in [-0.4, -0.2) is 59.8 Å². The molecule has 1 saturated carbocycles. The molecule has 2 atom stereocenters. The second kappa shape index (κ2) is 14.2. The fourth-order valence-corrected chi connectivity index (χ4v) is 6.39. The summed E-state index contributed by atoms with van der Waals surface area (Å²) in [7, 11) is 0. The van der Waals surface area contributed by atoms with E-state index < -0.39 is 12.2 Å².